The topological polar surface area (TPSA) is 62.7 Å². The highest BCUT2D eigenvalue weighted by atomic mass is 35.5. The van der Waals surface area contributed by atoms with Crippen LogP contribution in [0.15, 0.2) is 71.3 Å². The predicted octanol–water partition coefficient (Wildman–Crippen LogP) is 6.82. The molecule has 0 aliphatic heterocycles. The van der Waals surface area contributed by atoms with Crippen LogP contribution in [0.25, 0.3) is 44.1 Å². The van der Waals surface area contributed by atoms with Crippen LogP contribution < -0.4 is 0 Å². The highest BCUT2D eigenvalue weighted by Gasteiger charge is 2.13. The molecule has 5 rings (SSSR count). The number of halogens is 1. The molecular formula is C23H12ClN3OS. The van der Waals surface area contributed by atoms with Crippen molar-refractivity contribution in [2.45, 2.75) is 0 Å². The number of rotatable bonds is 3. The third-order valence-electron chi connectivity index (χ3n) is 4.56. The Hall–Kier alpha value is -3.46. The van der Waals surface area contributed by atoms with Crippen LogP contribution in [0.1, 0.15) is 10.6 Å². The van der Waals surface area contributed by atoms with Crippen LogP contribution in [0.2, 0.25) is 5.02 Å². The van der Waals surface area contributed by atoms with Crippen LogP contribution in [0.4, 0.5) is 0 Å². The molecule has 2 aromatic heterocycles. The average molecular weight is 414 g/mol. The van der Waals surface area contributed by atoms with Crippen LogP contribution >= 0.6 is 22.9 Å². The molecule has 138 valence electrons. The van der Waals surface area contributed by atoms with Gasteiger partial charge in [-0.1, -0.05) is 35.0 Å². The van der Waals surface area contributed by atoms with Gasteiger partial charge in [0.25, 0.3) is 0 Å². The van der Waals surface area contributed by atoms with Crippen LogP contribution in [-0.2, 0) is 0 Å². The van der Waals surface area contributed by atoms with Crippen molar-refractivity contribution < 1.29 is 4.52 Å². The Morgan fingerprint density at radius 3 is 2.66 bits per heavy atom. The zero-order valence-electron chi connectivity index (χ0n) is 15.0. The number of para-hydroxylation sites is 1. The van der Waals surface area contributed by atoms with Crippen molar-refractivity contribution in [2.75, 3.05) is 0 Å². The summed E-state index contributed by atoms with van der Waals surface area (Å²) >= 11 is 7.50. The highest BCUT2D eigenvalue weighted by molar-refractivity contribution is 7.19. The molecule has 0 amide bonds. The van der Waals surface area contributed by atoms with E-state index in [0.717, 1.165) is 32.2 Å². The number of nitriles is 1. The molecule has 3 aromatic carbocycles. The van der Waals surface area contributed by atoms with Gasteiger partial charge in [-0.15, -0.1) is 11.3 Å². The minimum absolute atomic E-state index is 0.523. The van der Waals surface area contributed by atoms with Gasteiger partial charge in [0.1, 0.15) is 16.6 Å². The summed E-state index contributed by atoms with van der Waals surface area (Å²) in [6.07, 6.45) is 1.84. The van der Waals surface area contributed by atoms with Gasteiger partial charge in [0.2, 0.25) is 0 Å². The second-order valence-electron chi connectivity index (χ2n) is 6.45. The molecule has 5 aromatic rings. The SMILES string of the molecule is N#C/C(=C\c1ccc2noc(-c3ccc(Cl)cc3)c2c1)c1nc2ccccc2s1. The maximum absolute atomic E-state index is 9.70. The Balaban J connectivity index is 1.59. The number of fused-ring (bicyclic) bond motifs is 2. The number of hydrogen-bond donors (Lipinski definition) is 0. The first-order valence-electron chi connectivity index (χ1n) is 8.84. The van der Waals surface area contributed by atoms with E-state index >= 15 is 0 Å². The van der Waals surface area contributed by atoms with Crippen molar-refractivity contribution in [2.24, 2.45) is 0 Å². The van der Waals surface area contributed by atoms with E-state index < -0.39 is 0 Å². The highest BCUT2D eigenvalue weighted by Crippen LogP contribution is 2.32. The fraction of sp³-hybridized carbons (Fsp3) is 0. The molecule has 0 spiro atoms. The van der Waals surface area contributed by atoms with E-state index in [1.165, 1.54) is 11.3 Å². The Morgan fingerprint density at radius 2 is 1.86 bits per heavy atom. The Bertz CT molecular complexity index is 1390. The summed E-state index contributed by atoms with van der Waals surface area (Å²) in [5.74, 6) is 0.672. The van der Waals surface area contributed by atoms with Crippen molar-refractivity contribution in [3.8, 4) is 17.4 Å². The first-order valence-corrected chi connectivity index (χ1v) is 10.0. The van der Waals surface area contributed by atoms with Gasteiger partial charge in [-0.3, -0.25) is 0 Å². The molecule has 0 radical (unpaired) electrons. The summed E-state index contributed by atoms with van der Waals surface area (Å²) in [7, 11) is 0. The molecule has 0 aliphatic rings. The molecule has 6 heteroatoms. The Labute approximate surface area is 175 Å². The number of nitrogens with zero attached hydrogens (tertiary/aromatic N) is 3. The smallest absolute Gasteiger partial charge is 0.174 e. The average Bonchev–Trinajstić information content (AvgIpc) is 3.36. The molecule has 29 heavy (non-hydrogen) atoms. The standard InChI is InChI=1S/C23H12ClN3OS/c24-17-8-6-15(7-9-17)22-18-12-14(5-10-19(18)27-28-22)11-16(13-25)23-26-20-3-1-2-4-21(20)29-23/h1-12H/b16-11+. The van der Waals surface area contributed by atoms with E-state index in [2.05, 4.69) is 16.2 Å². The second kappa shape index (κ2) is 7.17. The largest absolute Gasteiger partial charge is 0.355 e. The molecule has 0 saturated carbocycles. The van der Waals surface area contributed by atoms with Gasteiger partial charge in [-0.25, -0.2) is 4.98 Å². The molecule has 4 nitrogen and oxygen atoms in total. The summed E-state index contributed by atoms with van der Waals surface area (Å²) in [5.41, 5.74) is 3.95. The maximum Gasteiger partial charge on any atom is 0.174 e. The number of allylic oxidation sites excluding steroid dienone is 1. The number of hydrogen-bond acceptors (Lipinski definition) is 5. The minimum atomic E-state index is 0.523. The Morgan fingerprint density at radius 1 is 1.03 bits per heavy atom. The molecule has 0 unspecified atom stereocenters. The second-order valence-corrected chi connectivity index (χ2v) is 7.92. The van der Waals surface area contributed by atoms with Crippen molar-refractivity contribution in [1.82, 2.24) is 10.1 Å². The first kappa shape index (κ1) is 17.6. The van der Waals surface area contributed by atoms with Crippen molar-refractivity contribution in [3.63, 3.8) is 0 Å². The van der Waals surface area contributed by atoms with Gasteiger partial charge in [0.05, 0.1) is 21.2 Å². The van der Waals surface area contributed by atoms with Gasteiger partial charge in [0, 0.05) is 10.6 Å². The van der Waals surface area contributed by atoms with Gasteiger partial charge >= 0.3 is 0 Å². The fourth-order valence-electron chi connectivity index (χ4n) is 3.15. The van der Waals surface area contributed by atoms with E-state index in [1.807, 2.05) is 72.8 Å². The number of aromatic nitrogens is 2. The van der Waals surface area contributed by atoms with E-state index in [-0.39, 0.29) is 0 Å². The lowest BCUT2D eigenvalue weighted by Gasteiger charge is -1.99. The van der Waals surface area contributed by atoms with Gasteiger partial charge in [0.15, 0.2) is 5.76 Å². The normalized spacial score (nSPS) is 11.8. The summed E-state index contributed by atoms with van der Waals surface area (Å²) < 4.78 is 6.62. The predicted molar refractivity (Wildman–Crippen MR) is 118 cm³/mol. The molecule has 0 aliphatic carbocycles. The van der Waals surface area contributed by atoms with E-state index in [9.17, 15) is 5.26 Å². The lowest BCUT2D eigenvalue weighted by molar-refractivity contribution is 0.441. The molecule has 0 saturated heterocycles. The molecule has 0 atom stereocenters. The Kier molecular flexibility index (Phi) is 4.36. The quantitative estimate of drug-likeness (QED) is 0.304. The van der Waals surface area contributed by atoms with Gasteiger partial charge in [-0.2, -0.15) is 5.26 Å². The maximum atomic E-state index is 9.70. The lowest BCUT2D eigenvalue weighted by Crippen LogP contribution is -1.81. The monoisotopic (exact) mass is 413 g/mol. The molecule has 0 fully saturated rings. The van der Waals surface area contributed by atoms with E-state index in [1.54, 1.807) is 0 Å². The molecule has 0 bridgehead atoms. The number of benzene rings is 3. The summed E-state index contributed by atoms with van der Waals surface area (Å²) in [6, 6.07) is 23.3. The zero-order chi connectivity index (χ0) is 19.8. The van der Waals surface area contributed by atoms with E-state index in [0.29, 0.717) is 21.4 Å². The summed E-state index contributed by atoms with van der Waals surface area (Å²) in [6.45, 7) is 0. The van der Waals surface area contributed by atoms with Crippen molar-refractivity contribution >= 4 is 55.7 Å². The van der Waals surface area contributed by atoms with Crippen LogP contribution in [-0.4, -0.2) is 10.1 Å². The molecular weight excluding hydrogens is 402 g/mol. The third-order valence-corrected chi connectivity index (χ3v) is 5.88. The van der Waals surface area contributed by atoms with Crippen LogP contribution in [0, 0.1) is 11.3 Å². The van der Waals surface area contributed by atoms with Crippen molar-refractivity contribution in [3.05, 3.63) is 82.3 Å². The molecule has 2 heterocycles. The van der Waals surface area contributed by atoms with Crippen LogP contribution in [0.5, 0.6) is 0 Å². The minimum Gasteiger partial charge on any atom is -0.355 e. The summed E-state index contributed by atoms with van der Waals surface area (Å²) in [4.78, 5) is 4.59. The molecule has 0 N–H and O–H groups in total. The number of thiazole rings is 1. The first-order chi connectivity index (χ1) is 14.2. The fourth-order valence-corrected chi connectivity index (χ4v) is 4.21. The van der Waals surface area contributed by atoms with Gasteiger partial charge in [-0.05, 0) is 60.2 Å². The zero-order valence-corrected chi connectivity index (χ0v) is 16.5. The van der Waals surface area contributed by atoms with Crippen LogP contribution in [0.3, 0.4) is 0 Å². The lowest BCUT2D eigenvalue weighted by atomic mass is 10.0. The summed E-state index contributed by atoms with van der Waals surface area (Å²) in [5, 5.41) is 16.1. The van der Waals surface area contributed by atoms with Crippen molar-refractivity contribution in [1.29, 1.82) is 5.26 Å². The van der Waals surface area contributed by atoms with E-state index in [4.69, 9.17) is 16.1 Å². The third kappa shape index (κ3) is 3.29. The van der Waals surface area contributed by atoms with Gasteiger partial charge < -0.3 is 4.52 Å².